The summed E-state index contributed by atoms with van der Waals surface area (Å²) >= 11 is 0. The van der Waals surface area contributed by atoms with Crippen molar-refractivity contribution in [2.45, 2.75) is 24.8 Å². The Morgan fingerprint density at radius 3 is 2.25 bits per heavy atom. The van der Waals surface area contributed by atoms with E-state index < -0.39 is 17.9 Å². The molecule has 0 saturated carbocycles. The quantitative estimate of drug-likeness (QED) is 0.489. The van der Waals surface area contributed by atoms with Gasteiger partial charge in [0.15, 0.2) is 0 Å². The molecule has 2 atom stereocenters. The van der Waals surface area contributed by atoms with Gasteiger partial charge in [-0.3, -0.25) is 0 Å². The van der Waals surface area contributed by atoms with Crippen LogP contribution in [0.15, 0.2) is 30.3 Å². The van der Waals surface area contributed by atoms with Gasteiger partial charge in [-0.2, -0.15) is 13.2 Å². The summed E-state index contributed by atoms with van der Waals surface area (Å²) in [7, 11) is 0. The van der Waals surface area contributed by atoms with Crippen LogP contribution >= 0.6 is 0 Å². The van der Waals surface area contributed by atoms with E-state index in [2.05, 4.69) is 16.6 Å². The molecule has 1 aromatic rings. The Morgan fingerprint density at radius 2 is 1.81 bits per heavy atom. The lowest BCUT2D eigenvalue weighted by atomic mass is 10.1. The van der Waals surface area contributed by atoms with E-state index in [0.29, 0.717) is 5.56 Å². The maximum atomic E-state index is 12.6. The second kappa shape index (κ2) is 3.53. The molecule has 1 aliphatic rings. The Labute approximate surface area is 91.2 Å². The number of rotatable bonds is 0. The highest BCUT2D eigenvalue weighted by Crippen LogP contribution is 2.48. The summed E-state index contributed by atoms with van der Waals surface area (Å²) in [5, 5.41) is 0. The average Bonchev–Trinajstić information content (AvgIpc) is 2.89. The van der Waals surface area contributed by atoms with E-state index in [1.807, 2.05) is 0 Å². The van der Waals surface area contributed by atoms with Crippen molar-refractivity contribution >= 4 is 0 Å². The molecule has 2 rings (SSSR count). The third-order valence-corrected chi connectivity index (χ3v) is 2.47. The molecule has 1 aromatic carbocycles. The SMILES string of the molecule is CC1OC1(C#Cc1ccccc1)C(F)(F)F. The summed E-state index contributed by atoms with van der Waals surface area (Å²) in [5.74, 6) is 4.67. The standard InChI is InChI=1S/C12H9F3O/c1-9-11(16-9,12(13,14)15)8-7-10-5-3-2-4-6-10/h2-6,9H,1H3. The van der Waals surface area contributed by atoms with Crippen LogP contribution in [0.25, 0.3) is 0 Å². The van der Waals surface area contributed by atoms with Crippen LogP contribution in [-0.2, 0) is 4.74 Å². The molecule has 1 fully saturated rings. The van der Waals surface area contributed by atoms with Gasteiger partial charge in [0.1, 0.15) is 6.10 Å². The topological polar surface area (TPSA) is 12.5 Å². The van der Waals surface area contributed by atoms with Crippen LogP contribution in [0, 0.1) is 11.8 Å². The first-order chi connectivity index (χ1) is 7.46. The molecule has 0 aliphatic carbocycles. The van der Waals surface area contributed by atoms with E-state index in [4.69, 9.17) is 0 Å². The summed E-state index contributed by atoms with van der Waals surface area (Å²) in [5.41, 5.74) is -1.71. The molecule has 0 amide bonds. The molecular formula is C12H9F3O. The number of hydrogen-bond acceptors (Lipinski definition) is 1. The van der Waals surface area contributed by atoms with Gasteiger partial charge in [-0.1, -0.05) is 30.0 Å². The van der Waals surface area contributed by atoms with Gasteiger partial charge >= 0.3 is 6.18 Å². The zero-order chi connectivity index (χ0) is 11.8. The van der Waals surface area contributed by atoms with Gasteiger partial charge in [-0.25, -0.2) is 0 Å². The Hall–Kier alpha value is -1.47. The molecule has 0 bridgehead atoms. The lowest BCUT2D eigenvalue weighted by Gasteiger charge is -2.09. The fourth-order valence-corrected chi connectivity index (χ4v) is 1.43. The number of alkyl halides is 3. The second-order valence-corrected chi connectivity index (χ2v) is 3.61. The highest BCUT2D eigenvalue weighted by atomic mass is 19.4. The number of hydrogen-bond donors (Lipinski definition) is 0. The van der Waals surface area contributed by atoms with Crippen LogP contribution in [0.1, 0.15) is 12.5 Å². The van der Waals surface area contributed by atoms with Crippen molar-refractivity contribution in [2.75, 3.05) is 0 Å². The Kier molecular flexibility index (Phi) is 2.43. The lowest BCUT2D eigenvalue weighted by Crippen LogP contribution is -2.33. The van der Waals surface area contributed by atoms with E-state index in [9.17, 15) is 13.2 Å². The zero-order valence-electron chi connectivity index (χ0n) is 8.51. The largest absolute Gasteiger partial charge is 0.431 e. The molecule has 1 heterocycles. The smallest absolute Gasteiger partial charge is 0.344 e. The zero-order valence-corrected chi connectivity index (χ0v) is 8.51. The minimum atomic E-state index is -4.44. The van der Waals surface area contributed by atoms with Crippen LogP contribution < -0.4 is 0 Å². The Bertz CT molecular complexity index is 441. The average molecular weight is 226 g/mol. The summed E-state index contributed by atoms with van der Waals surface area (Å²) in [4.78, 5) is 0. The van der Waals surface area contributed by atoms with Crippen LogP contribution in [0.5, 0.6) is 0 Å². The maximum absolute atomic E-state index is 12.6. The van der Waals surface area contributed by atoms with Crippen LogP contribution in [0.4, 0.5) is 13.2 Å². The van der Waals surface area contributed by atoms with E-state index in [-0.39, 0.29) is 0 Å². The third-order valence-electron chi connectivity index (χ3n) is 2.47. The molecule has 1 saturated heterocycles. The van der Waals surface area contributed by atoms with Crippen molar-refractivity contribution < 1.29 is 17.9 Å². The van der Waals surface area contributed by atoms with Gasteiger partial charge in [0.25, 0.3) is 5.60 Å². The predicted molar refractivity (Wildman–Crippen MR) is 52.7 cm³/mol. The van der Waals surface area contributed by atoms with Crippen molar-refractivity contribution in [1.29, 1.82) is 0 Å². The van der Waals surface area contributed by atoms with Crippen LogP contribution in [0.3, 0.4) is 0 Å². The van der Waals surface area contributed by atoms with E-state index in [0.717, 1.165) is 0 Å². The first-order valence-electron chi connectivity index (χ1n) is 4.78. The molecule has 84 valence electrons. The molecule has 0 spiro atoms. The molecule has 0 aromatic heterocycles. The summed E-state index contributed by atoms with van der Waals surface area (Å²) < 4.78 is 42.5. The monoisotopic (exact) mass is 226 g/mol. The normalized spacial score (nSPS) is 28.1. The lowest BCUT2D eigenvalue weighted by molar-refractivity contribution is -0.167. The molecule has 16 heavy (non-hydrogen) atoms. The van der Waals surface area contributed by atoms with E-state index in [1.54, 1.807) is 30.3 Å². The van der Waals surface area contributed by atoms with Crippen molar-refractivity contribution in [3.05, 3.63) is 35.9 Å². The highest BCUT2D eigenvalue weighted by molar-refractivity contribution is 5.39. The van der Waals surface area contributed by atoms with Gasteiger partial charge in [-0.15, -0.1) is 0 Å². The first kappa shape index (κ1) is 11.0. The van der Waals surface area contributed by atoms with Crippen LogP contribution in [0.2, 0.25) is 0 Å². The number of epoxide rings is 1. The minimum Gasteiger partial charge on any atom is -0.344 e. The molecule has 1 aliphatic heterocycles. The van der Waals surface area contributed by atoms with Gasteiger partial charge in [0.05, 0.1) is 0 Å². The summed E-state index contributed by atoms with van der Waals surface area (Å²) in [6, 6.07) is 8.54. The first-order valence-corrected chi connectivity index (χ1v) is 4.78. The van der Waals surface area contributed by atoms with Gasteiger partial charge < -0.3 is 4.74 Å². The number of halogens is 3. The van der Waals surface area contributed by atoms with E-state index in [1.165, 1.54) is 6.92 Å². The molecular weight excluding hydrogens is 217 g/mol. The number of benzene rings is 1. The second-order valence-electron chi connectivity index (χ2n) is 3.61. The fraction of sp³-hybridized carbons (Fsp3) is 0.333. The summed E-state index contributed by atoms with van der Waals surface area (Å²) in [6.45, 7) is 1.37. The number of ether oxygens (including phenoxy) is 1. The highest BCUT2D eigenvalue weighted by Gasteiger charge is 2.71. The molecule has 0 radical (unpaired) electrons. The molecule has 2 unspecified atom stereocenters. The van der Waals surface area contributed by atoms with Crippen molar-refractivity contribution in [3.63, 3.8) is 0 Å². The van der Waals surface area contributed by atoms with Crippen LogP contribution in [-0.4, -0.2) is 17.9 Å². The van der Waals surface area contributed by atoms with Gasteiger partial charge in [0.2, 0.25) is 0 Å². The predicted octanol–water partition coefficient (Wildman–Crippen LogP) is 2.76. The minimum absolute atomic E-state index is 0.550. The molecule has 0 N–H and O–H groups in total. The Morgan fingerprint density at radius 1 is 1.25 bits per heavy atom. The van der Waals surface area contributed by atoms with Crippen molar-refractivity contribution in [3.8, 4) is 11.8 Å². The molecule has 4 heteroatoms. The fourth-order valence-electron chi connectivity index (χ4n) is 1.43. The molecule has 1 nitrogen and oxygen atoms in total. The van der Waals surface area contributed by atoms with Gasteiger partial charge in [0, 0.05) is 5.56 Å². The van der Waals surface area contributed by atoms with Crippen molar-refractivity contribution in [1.82, 2.24) is 0 Å². The van der Waals surface area contributed by atoms with E-state index >= 15 is 0 Å². The summed E-state index contributed by atoms with van der Waals surface area (Å²) in [6.07, 6.45) is -5.32. The van der Waals surface area contributed by atoms with Gasteiger partial charge in [-0.05, 0) is 19.1 Å². The Balaban J connectivity index is 2.25. The van der Waals surface area contributed by atoms with Crippen molar-refractivity contribution in [2.24, 2.45) is 0 Å². The maximum Gasteiger partial charge on any atom is 0.431 e. The third kappa shape index (κ3) is 1.79.